The van der Waals surface area contributed by atoms with Crippen LogP contribution in [0.25, 0.3) is 16.6 Å². The molecule has 0 saturated carbocycles. The molecule has 11 heteroatoms. The molecule has 1 aliphatic heterocycles. The third-order valence-electron chi connectivity index (χ3n) is 6.23. The number of amides is 1. The van der Waals surface area contributed by atoms with Crippen molar-refractivity contribution in [3.8, 4) is 5.69 Å². The molecule has 4 heterocycles. The van der Waals surface area contributed by atoms with Gasteiger partial charge in [0.2, 0.25) is 0 Å². The second-order valence-electron chi connectivity index (χ2n) is 8.95. The van der Waals surface area contributed by atoms with E-state index in [2.05, 4.69) is 20.5 Å². The number of carbonyl (C=O) groups is 1. The predicted molar refractivity (Wildman–Crippen MR) is 130 cm³/mol. The molecule has 0 unspecified atom stereocenters. The summed E-state index contributed by atoms with van der Waals surface area (Å²) in [5.41, 5.74) is 1.95. The Morgan fingerprint density at radius 2 is 1.97 bits per heavy atom. The van der Waals surface area contributed by atoms with Crippen molar-refractivity contribution in [3.05, 3.63) is 65.9 Å². The number of pyridine rings is 1. The molecule has 1 aromatic carbocycles. The smallest absolute Gasteiger partial charge is 0.281 e. The van der Waals surface area contributed by atoms with E-state index < -0.39 is 11.6 Å². The van der Waals surface area contributed by atoms with Crippen LogP contribution in [0.2, 0.25) is 0 Å². The first-order valence-corrected chi connectivity index (χ1v) is 12.4. The molecule has 1 fully saturated rings. The monoisotopic (exact) mass is 497 g/mol. The summed E-state index contributed by atoms with van der Waals surface area (Å²) in [7, 11) is 0. The van der Waals surface area contributed by atoms with Gasteiger partial charge in [-0.1, -0.05) is 25.6 Å². The highest BCUT2D eigenvalue weighted by atomic mass is 32.2. The van der Waals surface area contributed by atoms with Crippen molar-refractivity contribution in [1.29, 1.82) is 0 Å². The number of rotatable bonds is 5. The highest BCUT2D eigenvalue weighted by molar-refractivity contribution is 8.14. The van der Waals surface area contributed by atoms with Gasteiger partial charge in [-0.15, -0.1) is 5.10 Å². The average molecular weight is 498 g/mol. The number of thioether (sulfide) groups is 1. The Morgan fingerprint density at radius 1 is 1.17 bits per heavy atom. The van der Waals surface area contributed by atoms with Gasteiger partial charge >= 0.3 is 0 Å². The van der Waals surface area contributed by atoms with Crippen LogP contribution in [0.3, 0.4) is 0 Å². The van der Waals surface area contributed by atoms with Crippen LogP contribution in [0, 0.1) is 11.6 Å². The first kappa shape index (κ1) is 23.4. The van der Waals surface area contributed by atoms with Gasteiger partial charge in [0, 0.05) is 42.2 Å². The fraction of sp³-hybridized carbons (Fsp3) is 0.375. The molecule has 8 nitrogen and oxygen atoms in total. The number of hydrogen-bond donors (Lipinski definition) is 0. The van der Waals surface area contributed by atoms with Crippen LogP contribution in [0.15, 0.2) is 43.0 Å². The lowest BCUT2D eigenvalue weighted by atomic mass is 9.90. The lowest BCUT2D eigenvalue weighted by Gasteiger charge is -2.32. The van der Waals surface area contributed by atoms with Gasteiger partial charge in [-0.2, -0.15) is 0 Å². The van der Waals surface area contributed by atoms with Crippen molar-refractivity contribution in [3.63, 3.8) is 0 Å². The molecule has 3 aromatic heterocycles. The first-order valence-electron chi connectivity index (χ1n) is 11.5. The summed E-state index contributed by atoms with van der Waals surface area (Å²) in [5, 5.41) is 12.0. The van der Waals surface area contributed by atoms with E-state index in [0.717, 1.165) is 18.4 Å². The number of benzene rings is 1. The zero-order chi connectivity index (χ0) is 24.5. The Labute approximate surface area is 205 Å². The molecule has 1 aliphatic rings. The Hall–Kier alpha value is -3.34. The van der Waals surface area contributed by atoms with Crippen molar-refractivity contribution in [2.45, 2.75) is 44.4 Å². The van der Waals surface area contributed by atoms with Gasteiger partial charge in [0.1, 0.15) is 18.0 Å². The van der Waals surface area contributed by atoms with E-state index in [-0.39, 0.29) is 28.6 Å². The molecule has 35 heavy (non-hydrogen) atoms. The van der Waals surface area contributed by atoms with Gasteiger partial charge < -0.3 is 9.47 Å². The molecular weight excluding hydrogens is 472 g/mol. The van der Waals surface area contributed by atoms with Crippen LogP contribution in [-0.2, 0) is 6.54 Å². The van der Waals surface area contributed by atoms with Gasteiger partial charge in [0.05, 0.1) is 23.4 Å². The molecule has 0 N–H and O–H groups in total. The maximum absolute atomic E-state index is 15.0. The van der Waals surface area contributed by atoms with Crippen molar-refractivity contribution in [2.75, 3.05) is 13.1 Å². The molecule has 182 valence electrons. The van der Waals surface area contributed by atoms with Crippen LogP contribution in [-0.4, -0.2) is 58.2 Å². The minimum absolute atomic E-state index is 0.106. The van der Waals surface area contributed by atoms with Crippen LogP contribution in [0.1, 0.15) is 43.9 Å². The summed E-state index contributed by atoms with van der Waals surface area (Å²) in [6, 6.07) is 6.42. The zero-order valence-electron chi connectivity index (χ0n) is 19.4. The minimum Gasteiger partial charge on any atom is -0.339 e. The summed E-state index contributed by atoms with van der Waals surface area (Å²) in [6.45, 7) is 5.44. The van der Waals surface area contributed by atoms with Crippen LogP contribution in [0.5, 0.6) is 0 Å². The summed E-state index contributed by atoms with van der Waals surface area (Å²) in [4.78, 5) is 18.5. The van der Waals surface area contributed by atoms with Gasteiger partial charge in [-0.25, -0.2) is 13.5 Å². The lowest BCUT2D eigenvalue weighted by molar-refractivity contribution is 0.205. The molecule has 1 saturated heterocycles. The van der Waals surface area contributed by atoms with Crippen molar-refractivity contribution < 1.29 is 13.6 Å². The molecule has 0 spiro atoms. The molecule has 0 aliphatic carbocycles. The summed E-state index contributed by atoms with van der Waals surface area (Å²) < 4.78 is 33.0. The standard InChI is InChI=1S/C24H25F2N7OS/c1-15(2)35-24(34)31-6-3-16(4-7-31)18-10-20(25)22(27-12-18)13-32-8-5-17-9-19(11-21(26)23(17)32)33-14-28-29-30-33/h5,8-12,14-16H,3-4,6-7,13H2,1-2H3. The molecule has 0 bridgehead atoms. The number of likely N-dealkylation sites (tertiary alicyclic amines) is 1. The summed E-state index contributed by atoms with van der Waals surface area (Å²) in [5.74, 6) is -0.704. The third kappa shape index (κ3) is 4.90. The Morgan fingerprint density at radius 3 is 2.66 bits per heavy atom. The van der Waals surface area contributed by atoms with Crippen molar-refractivity contribution >= 4 is 27.9 Å². The van der Waals surface area contributed by atoms with Gasteiger partial charge in [-0.3, -0.25) is 9.78 Å². The van der Waals surface area contributed by atoms with E-state index in [1.807, 2.05) is 18.7 Å². The number of tetrazole rings is 1. The second kappa shape index (κ2) is 9.73. The van der Waals surface area contributed by atoms with E-state index >= 15 is 4.39 Å². The van der Waals surface area contributed by atoms with Crippen LogP contribution >= 0.6 is 11.8 Å². The molecule has 0 radical (unpaired) electrons. The maximum atomic E-state index is 15.0. The highest BCUT2D eigenvalue weighted by Gasteiger charge is 2.25. The second-order valence-corrected chi connectivity index (χ2v) is 10.5. The van der Waals surface area contributed by atoms with Crippen LogP contribution in [0.4, 0.5) is 13.6 Å². The van der Waals surface area contributed by atoms with Crippen molar-refractivity contribution in [1.82, 2.24) is 34.7 Å². The summed E-state index contributed by atoms with van der Waals surface area (Å²) in [6.07, 6.45) is 6.38. The van der Waals surface area contributed by atoms with E-state index in [1.165, 1.54) is 34.9 Å². The largest absolute Gasteiger partial charge is 0.339 e. The summed E-state index contributed by atoms with van der Waals surface area (Å²) >= 11 is 1.34. The topological polar surface area (TPSA) is 81.7 Å². The minimum atomic E-state index is -0.452. The van der Waals surface area contributed by atoms with E-state index in [0.29, 0.717) is 29.7 Å². The number of piperidine rings is 1. The van der Waals surface area contributed by atoms with Gasteiger partial charge in [0.15, 0.2) is 0 Å². The Bertz CT molecular complexity index is 1350. The molecule has 4 aromatic rings. The molecule has 0 atom stereocenters. The van der Waals surface area contributed by atoms with Gasteiger partial charge in [0.25, 0.3) is 5.24 Å². The fourth-order valence-corrected chi connectivity index (χ4v) is 5.21. The van der Waals surface area contributed by atoms with E-state index in [1.54, 1.807) is 29.1 Å². The molecule has 5 rings (SSSR count). The molecular formula is C24H25F2N7OS. The quantitative estimate of drug-likeness (QED) is 0.395. The number of carbonyl (C=O) groups excluding carboxylic acids is 1. The van der Waals surface area contributed by atoms with E-state index in [4.69, 9.17) is 0 Å². The predicted octanol–water partition coefficient (Wildman–Crippen LogP) is 4.78. The third-order valence-corrected chi connectivity index (χ3v) is 7.16. The normalized spacial score (nSPS) is 14.8. The maximum Gasteiger partial charge on any atom is 0.281 e. The van der Waals surface area contributed by atoms with E-state index in [9.17, 15) is 9.18 Å². The Balaban J connectivity index is 1.30. The lowest BCUT2D eigenvalue weighted by Crippen LogP contribution is -2.36. The fourth-order valence-electron chi connectivity index (χ4n) is 4.48. The number of nitrogens with zero attached hydrogens (tertiary/aromatic N) is 7. The highest BCUT2D eigenvalue weighted by Crippen LogP contribution is 2.31. The zero-order valence-corrected chi connectivity index (χ0v) is 20.3. The average Bonchev–Trinajstić information content (AvgIpc) is 3.51. The Kier molecular flexibility index (Phi) is 6.50. The number of aromatic nitrogens is 6. The van der Waals surface area contributed by atoms with Gasteiger partial charge in [-0.05, 0) is 52.9 Å². The molecule has 1 amide bonds. The number of halogens is 2. The van der Waals surface area contributed by atoms with Crippen LogP contribution < -0.4 is 0 Å². The first-order chi connectivity index (χ1) is 16.9. The number of hydrogen-bond acceptors (Lipinski definition) is 6. The van der Waals surface area contributed by atoms with Crippen molar-refractivity contribution in [2.24, 2.45) is 0 Å². The SMILES string of the molecule is CC(C)SC(=O)N1CCC(c2cnc(Cn3ccc4cc(-n5cnnn5)cc(F)c43)c(F)c2)CC1. The number of fused-ring (bicyclic) bond motifs is 1.